The lowest BCUT2D eigenvalue weighted by atomic mass is 10.3. The van der Waals surface area contributed by atoms with Gasteiger partial charge in [-0.25, -0.2) is 9.78 Å². The van der Waals surface area contributed by atoms with Crippen LogP contribution in [0.25, 0.3) is 10.2 Å². The first-order valence-corrected chi connectivity index (χ1v) is 8.29. The van der Waals surface area contributed by atoms with Crippen molar-refractivity contribution in [1.29, 1.82) is 0 Å². The maximum atomic E-state index is 11.8. The molecule has 1 aromatic carbocycles. The lowest BCUT2D eigenvalue weighted by Gasteiger charge is -2.07. The SMILES string of the molecule is O=C(COc1cccc(Br)c1)OCc1nc2ccsc2c(=O)[nH]1. The zero-order chi connectivity index (χ0) is 16.2. The van der Waals surface area contributed by atoms with E-state index in [0.29, 0.717) is 21.8 Å². The van der Waals surface area contributed by atoms with Gasteiger partial charge in [0.15, 0.2) is 6.61 Å². The number of fused-ring (bicyclic) bond motifs is 1. The van der Waals surface area contributed by atoms with E-state index < -0.39 is 5.97 Å². The predicted molar refractivity (Wildman–Crippen MR) is 89.7 cm³/mol. The first-order valence-electron chi connectivity index (χ1n) is 6.62. The number of benzene rings is 1. The second kappa shape index (κ2) is 6.93. The van der Waals surface area contributed by atoms with Crippen LogP contribution < -0.4 is 10.3 Å². The summed E-state index contributed by atoms with van der Waals surface area (Å²) in [5, 5.41) is 1.79. The number of hydrogen-bond acceptors (Lipinski definition) is 6. The lowest BCUT2D eigenvalue weighted by Crippen LogP contribution is -2.17. The Morgan fingerprint density at radius 1 is 1.35 bits per heavy atom. The minimum atomic E-state index is -0.543. The Kier molecular flexibility index (Phi) is 4.73. The Morgan fingerprint density at radius 2 is 2.22 bits per heavy atom. The molecule has 3 rings (SSSR count). The van der Waals surface area contributed by atoms with Crippen LogP contribution in [-0.2, 0) is 16.1 Å². The molecule has 0 atom stereocenters. The van der Waals surface area contributed by atoms with E-state index in [4.69, 9.17) is 9.47 Å². The summed E-state index contributed by atoms with van der Waals surface area (Å²) < 4.78 is 11.8. The molecule has 0 fully saturated rings. The summed E-state index contributed by atoms with van der Waals surface area (Å²) in [6, 6.07) is 8.89. The maximum absolute atomic E-state index is 11.8. The van der Waals surface area contributed by atoms with E-state index in [2.05, 4.69) is 25.9 Å². The highest BCUT2D eigenvalue weighted by atomic mass is 79.9. The van der Waals surface area contributed by atoms with Crippen molar-refractivity contribution in [3.05, 3.63) is 56.4 Å². The summed E-state index contributed by atoms with van der Waals surface area (Å²) in [5.74, 6) is 0.317. The fraction of sp³-hybridized carbons (Fsp3) is 0.133. The van der Waals surface area contributed by atoms with Crippen LogP contribution >= 0.6 is 27.3 Å². The van der Waals surface area contributed by atoms with Crippen LogP contribution in [0.15, 0.2) is 45.0 Å². The summed E-state index contributed by atoms with van der Waals surface area (Å²) in [6.07, 6.45) is 0. The van der Waals surface area contributed by atoms with Crippen LogP contribution in [0.3, 0.4) is 0 Å². The monoisotopic (exact) mass is 394 g/mol. The van der Waals surface area contributed by atoms with Gasteiger partial charge >= 0.3 is 5.97 Å². The van der Waals surface area contributed by atoms with Gasteiger partial charge in [0.1, 0.15) is 22.9 Å². The molecule has 0 saturated heterocycles. The smallest absolute Gasteiger partial charge is 0.344 e. The highest BCUT2D eigenvalue weighted by Gasteiger charge is 2.09. The standard InChI is InChI=1S/C15H11BrN2O4S/c16-9-2-1-3-10(6-9)21-8-13(19)22-7-12-17-11-4-5-23-14(11)15(20)18-12/h1-6H,7-8H2,(H,17,18,20). The van der Waals surface area contributed by atoms with Crippen LogP contribution in [-0.4, -0.2) is 22.5 Å². The normalized spacial score (nSPS) is 10.7. The van der Waals surface area contributed by atoms with E-state index in [0.717, 1.165) is 4.47 Å². The number of H-pyrrole nitrogens is 1. The van der Waals surface area contributed by atoms with Crippen LogP contribution in [0.1, 0.15) is 5.82 Å². The molecular weight excluding hydrogens is 384 g/mol. The van der Waals surface area contributed by atoms with Gasteiger partial charge < -0.3 is 14.5 Å². The molecule has 2 heterocycles. The van der Waals surface area contributed by atoms with Gasteiger partial charge in [0.2, 0.25) is 0 Å². The van der Waals surface area contributed by atoms with E-state index in [1.165, 1.54) is 11.3 Å². The van der Waals surface area contributed by atoms with Crippen LogP contribution in [0.5, 0.6) is 5.75 Å². The summed E-state index contributed by atoms with van der Waals surface area (Å²) in [5.41, 5.74) is 0.358. The molecule has 8 heteroatoms. The number of rotatable bonds is 5. The van der Waals surface area contributed by atoms with Crippen molar-refractivity contribution in [3.63, 3.8) is 0 Å². The van der Waals surface area contributed by atoms with Crippen molar-refractivity contribution in [2.75, 3.05) is 6.61 Å². The minimum absolute atomic E-state index is 0.109. The first kappa shape index (κ1) is 15.7. The van der Waals surface area contributed by atoms with Gasteiger partial charge in [0.05, 0.1) is 5.52 Å². The molecule has 118 valence electrons. The topological polar surface area (TPSA) is 81.3 Å². The van der Waals surface area contributed by atoms with Crippen molar-refractivity contribution in [1.82, 2.24) is 9.97 Å². The average molecular weight is 395 g/mol. The summed E-state index contributed by atoms with van der Waals surface area (Å²) in [6.45, 7) is -0.330. The summed E-state index contributed by atoms with van der Waals surface area (Å²) >= 11 is 4.63. The third-order valence-electron chi connectivity index (χ3n) is 2.89. The number of aromatic amines is 1. The second-order valence-electron chi connectivity index (χ2n) is 4.55. The molecule has 0 radical (unpaired) electrons. The molecule has 3 aromatic rings. The molecule has 0 aliphatic rings. The second-order valence-corrected chi connectivity index (χ2v) is 6.39. The molecule has 6 nitrogen and oxygen atoms in total. The molecule has 0 unspecified atom stereocenters. The number of ether oxygens (including phenoxy) is 2. The highest BCUT2D eigenvalue weighted by molar-refractivity contribution is 9.10. The number of nitrogens with zero attached hydrogens (tertiary/aromatic N) is 1. The van der Waals surface area contributed by atoms with E-state index in [1.54, 1.807) is 29.6 Å². The molecule has 0 amide bonds. The van der Waals surface area contributed by atoms with Crippen LogP contribution in [0.4, 0.5) is 0 Å². The number of carbonyl (C=O) groups excluding carboxylic acids is 1. The van der Waals surface area contributed by atoms with Crippen LogP contribution in [0, 0.1) is 0 Å². The molecule has 0 bridgehead atoms. The van der Waals surface area contributed by atoms with Crippen molar-refractivity contribution in [2.24, 2.45) is 0 Å². The molecule has 0 spiro atoms. The van der Waals surface area contributed by atoms with E-state index >= 15 is 0 Å². The van der Waals surface area contributed by atoms with Gasteiger partial charge in [-0.2, -0.15) is 0 Å². The molecule has 0 aliphatic heterocycles. The Hall–Kier alpha value is -2.19. The van der Waals surface area contributed by atoms with Crippen molar-refractivity contribution >= 4 is 43.5 Å². The molecule has 0 saturated carbocycles. The molecular formula is C15H11BrN2O4S. The minimum Gasteiger partial charge on any atom is -0.482 e. The predicted octanol–water partition coefficient (Wildman–Crippen LogP) is 2.87. The third-order valence-corrected chi connectivity index (χ3v) is 4.28. The van der Waals surface area contributed by atoms with Gasteiger partial charge in [-0.1, -0.05) is 22.0 Å². The summed E-state index contributed by atoms with van der Waals surface area (Å²) in [4.78, 5) is 30.3. The van der Waals surface area contributed by atoms with Gasteiger partial charge in [-0.05, 0) is 29.6 Å². The highest BCUT2D eigenvalue weighted by Crippen LogP contribution is 2.17. The van der Waals surface area contributed by atoms with Gasteiger partial charge in [0.25, 0.3) is 5.56 Å². The molecule has 2 aromatic heterocycles. The Bertz CT molecular complexity index is 906. The fourth-order valence-electron chi connectivity index (χ4n) is 1.88. The number of nitrogens with one attached hydrogen (secondary N) is 1. The lowest BCUT2D eigenvalue weighted by molar-refractivity contribution is -0.147. The fourth-order valence-corrected chi connectivity index (χ4v) is 2.98. The van der Waals surface area contributed by atoms with Crippen molar-refractivity contribution in [2.45, 2.75) is 6.61 Å². The van der Waals surface area contributed by atoms with E-state index in [9.17, 15) is 9.59 Å². The quantitative estimate of drug-likeness (QED) is 0.672. The van der Waals surface area contributed by atoms with Crippen molar-refractivity contribution in [3.8, 4) is 5.75 Å². The maximum Gasteiger partial charge on any atom is 0.344 e. The third kappa shape index (κ3) is 3.96. The van der Waals surface area contributed by atoms with Crippen LogP contribution in [0.2, 0.25) is 0 Å². The van der Waals surface area contributed by atoms with E-state index in [-0.39, 0.29) is 18.8 Å². The van der Waals surface area contributed by atoms with E-state index in [1.807, 2.05) is 6.07 Å². The number of halogens is 1. The molecule has 1 N–H and O–H groups in total. The van der Waals surface area contributed by atoms with Crippen molar-refractivity contribution < 1.29 is 14.3 Å². The number of carbonyl (C=O) groups is 1. The zero-order valence-electron chi connectivity index (χ0n) is 11.7. The van der Waals surface area contributed by atoms with Gasteiger partial charge in [-0.15, -0.1) is 11.3 Å². The number of hydrogen-bond donors (Lipinski definition) is 1. The first-order chi connectivity index (χ1) is 11.1. The largest absolute Gasteiger partial charge is 0.482 e. The molecule has 23 heavy (non-hydrogen) atoms. The Morgan fingerprint density at radius 3 is 3.04 bits per heavy atom. The van der Waals surface area contributed by atoms with Gasteiger partial charge in [-0.3, -0.25) is 4.79 Å². The Balaban J connectivity index is 1.56. The molecule has 0 aliphatic carbocycles. The van der Waals surface area contributed by atoms with Gasteiger partial charge in [0, 0.05) is 4.47 Å². The number of thiophene rings is 1. The zero-order valence-corrected chi connectivity index (χ0v) is 14.1. The average Bonchev–Trinajstić information content (AvgIpc) is 3.00. The summed E-state index contributed by atoms with van der Waals surface area (Å²) in [7, 11) is 0. The number of aromatic nitrogens is 2. The number of esters is 1. The Labute approximate surface area is 143 Å².